The molecule has 0 saturated carbocycles. The molecule has 0 radical (unpaired) electrons. The summed E-state index contributed by atoms with van der Waals surface area (Å²) < 4.78 is 6.04. The van der Waals surface area contributed by atoms with Gasteiger partial charge in [-0.25, -0.2) is 0 Å². The molecule has 0 heterocycles. The highest BCUT2D eigenvalue weighted by Crippen LogP contribution is 2.33. The van der Waals surface area contributed by atoms with E-state index in [1.54, 1.807) is 0 Å². The summed E-state index contributed by atoms with van der Waals surface area (Å²) in [6.07, 6.45) is 14.0. The van der Waals surface area contributed by atoms with Crippen LogP contribution in [0.25, 0.3) is 0 Å². The Labute approximate surface area is 170 Å². The number of carbonyl (C=O) groups excluding carboxylic acids is 1. The van der Waals surface area contributed by atoms with Crippen molar-refractivity contribution in [2.75, 3.05) is 6.61 Å². The van der Waals surface area contributed by atoms with Crippen molar-refractivity contribution in [3.8, 4) is 5.75 Å². The second-order valence-corrected chi connectivity index (χ2v) is 7.98. The molecule has 0 atom stereocenters. The molecule has 0 spiro atoms. The smallest absolute Gasteiger partial charge is 0.197 e. The molecule has 1 aliphatic rings. The molecule has 0 unspecified atom stereocenters. The van der Waals surface area contributed by atoms with Crippen molar-refractivity contribution in [2.24, 2.45) is 0 Å². The number of ether oxygens (including phenoxy) is 1. The van der Waals surface area contributed by atoms with Gasteiger partial charge >= 0.3 is 0 Å². The van der Waals surface area contributed by atoms with Crippen molar-refractivity contribution in [1.82, 2.24) is 0 Å². The van der Waals surface area contributed by atoms with E-state index in [1.807, 2.05) is 36.4 Å². The second-order valence-electron chi connectivity index (χ2n) is 7.98. The third-order valence-electron chi connectivity index (χ3n) is 5.74. The monoisotopic (exact) mass is 378 g/mol. The van der Waals surface area contributed by atoms with Gasteiger partial charge in [0.25, 0.3) is 0 Å². The van der Waals surface area contributed by atoms with Crippen LogP contribution in [-0.4, -0.2) is 12.4 Å². The molecule has 3 rings (SSSR count). The Bertz CT molecular complexity index is 763. The topological polar surface area (TPSA) is 26.3 Å². The van der Waals surface area contributed by atoms with E-state index in [4.69, 9.17) is 4.74 Å². The maximum absolute atomic E-state index is 13.0. The lowest BCUT2D eigenvalue weighted by Crippen LogP contribution is -2.16. The number of benzene rings is 2. The summed E-state index contributed by atoms with van der Waals surface area (Å²) in [4.78, 5) is 13.0. The van der Waals surface area contributed by atoms with E-state index >= 15 is 0 Å². The average Bonchev–Trinajstić information content (AvgIpc) is 2.72. The lowest BCUT2D eigenvalue weighted by molar-refractivity contribution is 0.103. The molecule has 1 aliphatic carbocycles. The molecule has 150 valence electrons. The van der Waals surface area contributed by atoms with Crippen LogP contribution in [0.5, 0.6) is 5.75 Å². The molecule has 0 amide bonds. The van der Waals surface area contributed by atoms with Gasteiger partial charge in [-0.05, 0) is 30.0 Å². The van der Waals surface area contributed by atoms with Crippen molar-refractivity contribution in [2.45, 2.75) is 77.6 Å². The van der Waals surface area contributed by atoms with Gasteiger partial charge in [0.2, 0.25) is 0 Å². The molecular formula is C26H34O2. The number of rotatable bonds is 12. The molecule has 0 N–H and O–H groups in total. The van der Waals surface area contributed by atoms with Crippen LogP contribution in [0.15, 0.2) is 42.5 Å². The van der Waals surface area contributed by atoms with E-state index in [0.29, 0.717) is 6.61 Å². The number of carbonyl (C=O) groups is 1. The molecular weight excluding hydrogens is 344 g/mol. The van der Waals surface area contributed by atoms with E-state index in [-0.39, 0.29) is 5.78 Å². The first-order valence-corrected chi connectivity index (χ1v) is 11.2. The Balaban J connectivity index is 1.41. The fourth-order valence-corrected chi connectivity index (χ4v) is 4.11. The number of unbranched alkanes of at least 4 members (excludes halogenated alkanes) is 9. The van der Waals surface area contributed by atoms with Crippen molar-refractivity contribution < 1.29 is 9.53 Å². The van der Waals surface area contributed by atoms with Gasteiger partial charge in [0.15, 0.2) is 5.78 Å². The predicted molar refractivity (Wildman–Crippen MR) is 116 cm³/mol. The van der Waals surface area contributed by atoms with E-state index in [2.05, 4.69) is 13.0 Å². The van der Waals surface area contributed by atoms with Gasteiger partial charge in [-0.1, -0.05) is 101 Å². The van der Waals surface area contributed by atoms with Crippen LogP contribution in [0.1, 0.15) is 98.2 Å². The first-order chi connectivity index (χ1) is 13.8. The summed E-state index contributed by atoms with van der Waals surface area (Å²) in [5.74, 6) is 0.864. The Morgan fingerprint density at radius 3 is 2.14 bits per heavy atom. The van der Waals surface area contributed by atoms with Gasteiger partial charge in [-0.3, -0.25) is 4.79 Å². The van der Waals surface area contributed by atoms with Crippen LogP contribution in [-0.2, 0) is 6.42 Å². The molecule has 2 aromatic carbocycles. The minimum atomic E-state index is 0.107. The predicted octanol–water partition coefficient (Wildman–Crippen LogP) is 7.12. The summed E-state index contributed by atoms with van der Waals surface area (Å²) in [5.41, 5.74) is 3.80. The highest BCUT2D eigenvalue weighted by molar-refractivity contribution is 6.14. The Hall–Kier alpha value is -2.09. The summed E-state index contributed by atoms with van der Waals surface area (Å²) in [7, 11) is 0. The SMILES string of the molecule is CCCCCCCCCCCCOc1cccc2c1C(=O)c1ccccc1C2. The second kappa shape index (κ2) is 11.0. The number of hydrogen-bond donors (Lipinski definition) is 0. The van der Waals surface area contributed by atoms with Crippen LogP contribution < -0.4 is 4.74 Å². The average molecular weight is 379 g/mol. The number of ketones is 1. The highest BCUT2D eigenvalue weighted by atomic mass is 16.5. The van der Waals surface area contributed by atoms with Crippen molar-refractivity contribution >= 4 is 5.78 Å². The molecule has 2 nitrogen and oxygen atoms in total. The summed E-state index contributed by atoms with van der Waals surface area (Å²) >= 11 is 0. The number of hydrogen-bond acceptors (Lipinski definition) is 2. The third-order valence-corrected chi connectivity index (χ3v) is 5.74. The molecule has 28 heavy (non-hydrogen) atoms. The standard InChI is InChI=1S/C26H34O2/c1-2-3-4-5-6-7-8-9-10-13-19-28-24-18-14-16-22-20-21-15-11-12-17-23(21)26(27)25(22)24/h11-12,14-18H,2-10,13,19-20H2,1H3. The summed E-state index contributed by atoms with van der Waals surface area (Å²) in [6, 6.07) is 13.9. The molecule has 0 saturated heterocycles. The van der Waals surface area contributed by atoms with E-state index < -0.39 is 0 Å². The lowest BCUT2D eigenvalue weighted by atomic mass is 9.84. The molecule has 2 heteroatoms. The Morgan fingerprint density at radius 2 is 1.39 bits per heavy atom. The number of fused-ring (bicyclic) bond motifs is 2. The Kier molecular flexibility index (Phi) is 8.14. The summed E-state index contributed by atoms with van der Waals surface area (Å²) in [5, 5.41) is 0. The third kappa shape index (κ3) is 5.47. The lowest BCUT2D eigenvalue weighted by Gasteiger charge is -2.21. The molecule has 0 aliphatic heterocycles. The molecule has 0 fully saturated rings. The van der Waals surface area contributed by atoms with Crippen LogP contribution in [0, 0.1) is 0 Å². The first kappa shape index (κ1) is 20.6. The van der Waals surface area contributed by atoms with Gasteiger partial charge in [-0.15, -0.1) is 0 Å². The van der Waals surface area contributed by atoms with Crippen LogP contribution in [0.2, 0.25) is 0 Å². The zero-order valence-electron chi connectivity index (χ0n) is 17.3. The normalized spacial score (nSPS) is 12.5. The van der Waals surface area contributed by atoms with Gasteiger partial charge in [-0.2, -0.15) is 0 Å². The zero-order chi connectivity index (χ0) is 19.6. The quantitative estimate of drug-likeness (QED) is 0.314. The Morgan fingerprint density at radius 1 is 0.750 bits per heavy atom. The zero-order valence-corrected chi connectivity index (χ0v) is 17.3. The summed E-state index contributed by atoms with van der Waals surface area (Å²) in [6.45, 7) is 2.96. The van der Waals surface area contributed by atoms with Crippen molar-refractivity contribution in [1.29, 1.82) is 0 Å². The maximum atomic E-state index is 13.0. The fraction of sp³-hybridized carbons (Fsp3) is 0.500. The maximum Gasteiger partial charge on any atom is 0.197 e. The highest BCUT2D eigenvalue weighted by Gasteiger charge is 2.26. The minimum Gasteiger partial charge on any atom is -0.493 e. The molecule has 2 aromatic rings. The van der Waals surface area contributed by atoms with E-state index in [0.717, 1.165) is 40.8 Å². The van der Waals surface area contributed by atoms with Gasteiger partial charge in [0, 0.05) is 5.56 Å². The van der Waals surface area contributed by atoms with Crippen LogP contribution >= 0.6 is 0 Å². The van der Waals surface area contributed by atoms with Gasteiger partial charge in [0.05, 0.1) is 12.2 Å². The van der Waals surface area contributed by atoms with Gasteiger partial charge < -0.3 is 4.74 Å². The fourth-order valence-electron chi connectivity index (χ4n) is 4.11. The van der Waals surface area contributed by atoms with Crippen LogP contribution in [0.4, 0.5) is 0 Å². The minimum absolute atomic E-state index is 0.107. The van der Waals surface area contributed by atoms with E-state index in [1.165, 1.54) is 57.8 Å². The molecule has 0 bridgehead atoms. The largest absolute Gasteiger partial charge is 0.493 e. The van der Waals surface area contributed by atoms with E-state index in [9.17, 15) is 4.79 Å². The molecule has 0 aromatic heterocycles. The first-order valence-electron chi connectivity index (χ1n) is 11.2. The van der Waals surface area contributed by atoms with Crippen molar-refractivity contribution in [3.63, 3.8) is 0 Å². The van der Waals surface area contributed by atoms with Gasteiger partial charge in [0.1, 0.15) is 5.75 Å². The van der Waals surface area contributed by atoms with Crippen molar-refractivity contribution in [3.05, 3.63) is 64.7 Å². The van der Waals surface area contributed by atoms with Crippen LogP contribution in [0.3, 0.4) is 0 Å².